The Morgan fingerprint density at radius 3 is 2.57 bits per heavy atom. The summed E-state index contributed by atoms with van der Waals surface area (Å²) in [5.41, 5.74) is 2.31. The van der Waals surface area contributed by atoms with Crippen molar-refractivity contribution in [1.29, 1.82) is 0 Å². The number of carbonyl (C=O) groups is 3. The van der Waals surface area contributed by atoms with Crippen molar-refractivity contribution in [2.75, 3.05) is 12.4 Å². The average Bonchev–Trinajstić information content (AvgIpc) is 2.83. The van der Waals surface area contributed by atoms with Crippen LogP contribution in [0.3, 0.4) is 0 Å². The molecule has 7 nitrogen and oxygen atoms in total. The Bertz CT molecular complexity index is 943. The zero-order chi connectivity index (χ0) is 20.1. The number of carbonyl (C=O) groups excluding carboxylic acids is 3. The maximum Gasteiger partial charge on any atom is 0.308 e. The van der Waals surface area contributed by atoms with E-state index in [4.69, 9.17) is 16.3 Å². The topological polar surface area (TPSA) is 94.1 Å². The monoisotopic (exact) mass is 402 g/mol. The van der Waals surface area contributed by atoms with Gasteiger partial charge in [-0.05, 0) is 18.2 Å². The summed E-state index contributed by atoms with van der Waals surface area (Å²) >= 11 is 6.13. The second-order valence-electron chi connectivity index (χ2n) is 5.94. The van der Waals surface area contributed by atoms with Gasteiger partial charge in [0.2, 0.25) is 0 Å². The molecule has 2 aromatic rings. The third-order valence-electron chi connectivity index (χ3n) is 4.02. The molecule has 0 aliphatic carbocycles. The number of rotatable bonds is 5. The summed E-state index contributed by atoms with van der Waals surface area (Å²) in [6.45, 7) is 0. The lowest BCUT2D eigenvalue weighted by Gasteiger charge is -2.12. The van der Waals surface area contributed by atoms with Crippen molar-refractivity contribution in [1.82, 2.24) is 0 Å². The van der Waals surface area contributed by atoms with Crippen molar-refractivity contribution < 1.29 is 23.9 Å². The molecule has 3 rings (SSSR count). The summed E-state index contributed by atoms with van der Waals surface area (Å²) < 4.78 is 9.71. The van der Waals surface area contributed by atoms with E-state index in [0.717, 1.165) is 5.56 Å². The third kappa shape index (κ3) is 4.55. The van der Waals surface area contributed by atoms with E-state index in [2.05, 4.69) is 15.0 Å². The van der Waals surface area contributed by atoms with E-state index in [1.807, 2.05) is 30.3 Å². The molecule has 1 amide bonds. The fraction of sp³-hybridized carbons (Fsp3) is 0.200. The van der Waals surface area contributed by atoms with E-state index in [0.29, 0.717) is 22.0 Å². The number of nitrogens with zero attached hydrogens (tertiary/aromatic N) is 1. The molecule has 0 aromatic heterocycles. The summed E-state index contributed by atoms with van der Waals surface area (Å²) in [5, 5.41) is 3.18. The van der Waals surface area contributed by atoms with Crippen molar-refractivity contribution in [2.24, 2.45) is 4.99 Å². The molecule has 1 aliphatic rings. The number of benzodiazepines with no additional fused rings is 1. The van der Waals surface area contributed by atoms with Crippen LogP contribution in [0.2, 0.25) is 5.02 Å². The molecular formula is C20H17ClN2O5. The molecule has 0 bridgehead atoms. The standard InChI is InChI=1S/C20H17ClN2O5/c1-27-16(24)9-10-17(25)28-20-19(26)22-15-8-7-13(21)11-14(15)18(23-20)12-5-3-2-4-6-12/h2-8,11,20H,9-10H2,1H3,(H,22,26)/i19+2. The molecule has 0 saturated heterocycles. The molecule has 1 aliphatic heterocycles. The van der Waals surface area contributed by atoms with E-state index >= 15 is 0 Å². The van der Waals surface area contributed by atoms with Gasteiger partial charge in [-0.15, -0.1) is 0 Å². The van der Waals surface area contributed by atoms with Gasteiger partial charge in [0, 0.05) is 16.1 Å². The molecule has 2 aromatic carbocycles. The maximum absolute atomic E-state index is 12.5. The minimum absolute atomic E-state index is 0.144. The van der Waals surface area contributed by atoms with Crippen LogP contribution < -0.4 is 5.32 Å². The Labute approximate surface area is 166 Å². The van der Waals surface area contributed by atoms with Crippen LogP contribution in [0.15, 0.2) is 53.5 Å². The van der Waals surface area contributed by atoms with Gasteiger partial charge in [-0.3, -0.25) is 14.4 Å². The Hall–Kier alpha value is -3.19. The number of benzene rings is 2. The second kappa shape index (κ2) is 8.67. The minimum Gasteiger partial charge on any atom is -0.469 e. The number of hydrogen-bond acceptors (Lipinski definition) is 6. The Balaban J connectivity index is 1.94. The lowest BCUT2D eigenvalue weighted by molar-refractivity contribution is -0.155. The third-order valence-corrected chi connectivity index (χ3v) is 4.25. The molecule has 8 heteroatoms. The highest BCUT2D eigenvalue weighted by Gasteiger charge is 2.29. The summed E-state index contributed by atoms with van der Waals surface area (Å²) in [6, 6.07) is 14.2. The van der Waals surface area contributed by atoms with Crippen molar-refractivity contribution in [2.45, 2.75) is 19.1 Å². The lowest BCUT2D eigenvalue weighted by atomic mass is 10.0. The number of ether oxygens (including phenoxy) is 2. The van der Waals surface area contributed by atoms with Gasteiger partial charge in [0.1, 0.15) is 0 Å². The molecular weight excluding hydrogens is 386 g/mol. The number of methoxy groups -OCH3 is 1. The van der Waals surface area contributed by atoms with Crippen LogP contribution in [-0.2, 0) is 23.9 Å². The molecule has 0 fully saturated rings. The normalized spacial score (nSPS) is 15.6. The number of esters is 2. The Morgan fingerprint density at radius 1 is 1.14 bits per heavy atom. The van der Waals surface area contributed by atoms with Gasteiger partial charge in [-0.25, -0.2) is 4.99 Å². The van der Waals surface area contributed by atoms with Crippen LogP contribution in [-0.4, -0.2) is 36.9 Å². The molecule has 0 saturated carbocycles. The van der Waals surface area contributed by atoms with Crippen LogP contribution in [0.25, 0.3) is 0 Å². The molecule has 1 N–H and O–H groups in total. The molecule has 1 unspecified atom stereocenters. The predicted octanol–water partition coefficient (Wildman–Crippen LogP) is 2.95. The van der Waals surface area contributed by atoms with E-state index in [-0.39, 0.29) is 12.8 Å². The smallest absolute Gasteiger partial charge is 0.308 e. The fourth-order valence-electron chi connectivity index (χ4n) is 2.66. The number of anilines is 1. The van der Waals surface area contributed by atoms with Crippen LogP contribution in [0.1, 0.15) is 24.0 Å². The van der Waals surface area contributed by atoms with E-state index in [9.17, 15) is 14.4 Å². The lowest BCUT2D eigenvalue weighted by Crippen LogP contribution is -2.30. The number of fused-ring (bicyclic) bond motifs is 1. The molecule has 144 valence electrons. The van der Waals surface area contributed by atoms with E-state index < -0.39 is 24.1 Å². The van der Waals surface area contributed by atoms with Gasteiger partial charge in [0.15, 0.2) is 0 Å². The highest BCUT2D eigenvalue weighted by Crippen LogP contribution is 2.27. The number of aliphatic imine (C=N–C) groups is 1. The zero-order valence-electron chi connectivity index (χ0n) is 15.0. The van der Waals surface area contributed by atoms with Crippen LogP contribution in [0, 0.1) is 0 Å². The van der Waals surface area contributed by atoms with Gasteiger partial charge < -0.3 is 14.8 Å². The molecule has 1 atom stereocenters. The van der Waals surface area contributed by atoms with Gasteiger partial charge in [0.25, 0.3) is 12.1 Å². The number of amides is 1. The highest BCUT2D eigenvalue weighted by atomic mass is 35.5. The Kier molecular flexibility index (Phi) is 6.06. The first-order valence-electron chi connectivity index (χ1n) is 8.48. The highest BCUT2D eigenvalue weighted by molar-refractivity contribution is 6.32. The van der Waals surface area contributed by atoms with E-state index in [1.165, 1.54) is 7.11 Å². The van der Waals surface area contributed by atoms with Gasteiger partial charge in [-0.2, -0.15) is 0 Å². The molecule has 0 radical (unpaired) electrons. The summed E-state index contributed by atoms with van der Waals surface area (Å²) in [7, 11) is 1.23. The van der Waals surface area contributed by atoms with Crippen molar-refractivity contribution >= 4 is 40.8 Å². The summed E-state index contributed by atoms with van der Waals surface area (Å²) in [5.74, 6) is -1.87. The molecule has 1 heterocycles. The van der Waals surface area contributed by atoms with Crippen molar-refractivity contribution in [3.63, 3.8) is 0 Å². The van der Waals surface area contributed by atoms with Gasteiger partial charge in [-0.1, -0.05) is 41.9 Å². The maximum atomic E-state index is 12.5. The first-order valence-corrected chi connectivity index (χ1v) is 8.86. The van der Waals surface area contributed by atoms with Crippen molar-refractivity contribution in [3.8, 4) is 0 Å². The largest absolute Gasteiger partial charge is 0.469 e. The number of halogens is 1. The SMILES string of the molecule is COC(=O)CCC(=O)OC1N=C(c2ccccc2)c2cc(Cl)ccc2N[14C]1=O. The van der Waals surface area contributed by atoms with Gasteiger partial charge in [0.05, 0.1) is 31.4 Å². The average molecular weight is 403 g/mol. The quantitative estimate of drug-likeness (QED) is 0.776. The van der Waals surface area contributed by atoms with Crippen LogP contribution in [0.5, 0.6) is 0 Å². The first kappa shape index (κ1) is 19.6. The zero-order valence-corrected chi connectivity index (χ0v) is 15.7. The number of hydrogen-bond donors (Lipinski definition) is 1. The summed E-state index contributed by atoms with van der Waals surface area (Å²) in [6.07, 6.45) is -1.76. The minimum atomic E-state index is -1.40. The van der Waals surface area contributed by atoms with Crippen LogP contribution in [0.4, 0.5) is 5.69 Å². The molecule has 28 heavy (non-hydrogen) atoms. The first-order chi connectivity index (χ1) is 13.5. The second-order valence-corrected chi connectivity index (χ2v) is 6.38. The Morgan fingerprint density at radius 2 is 1.86 bits per heavy atom. The fourth-order valence-corrected chi connectivity index (χ4v) is 2.83. The van der Waals surface area contributed by atoms with E-state index in [1.54, 1.807) is 18.2 Å². The predicted molar refractivity (Wildman–Crippen MR) is 103 cm³/mol. The molecule has 0 spiro atoms. The summed E-state index contributed by atoms with van der Waals surface area (Å²) in [4.78, 5) is 40.2. The van der Waals surface area contributed by atoms with Gasteiger partial charge >= 0.3 is 11.9 Å². The number of nitrogens with one attached hydrogen (secondary N) is 1. The van der Waals surface area contributed by atoms with Crippen LogP contribution >= 0.6 is 11.6 Å². The van der Waals surface area contributed by atoms with Crippen molar-refractivity contribution in [3.05, 3.63) is 64.7 Å².